The fourth-order valence-corrected chi connectivity index (χ4v) is 2.89. The number of carbonyl (C=O) groups is 1. The molecule has 1 saturated carbocycles. The lowest BCUT2D eigenvalue weighted by Gasteiger charge is -2.27. The van der Waals surface area contributed by atoms with Crippen LogP contribution in [0.2, 0.25) is 0 Å². The molecule has 2 N–H and O–H groups in total. The highest BCUT2D eigenvalue weighted by atomic mass is 32.1. The lowest BCUT2D eigenvalue weighted by Crippen LogP contribution is -2.25. The molecule has 9 heteroatoms. The molecular weight excluding hydrogens is 390 g/mol. The van der Waals surface area contributed by atoms with Gasteiger partial charge in [-0.1, -0.05) is 19.9 Å². The van der Waals surface area contributed by atoms with Crippen molar-refractivity contribution in [2.45, 2.75) is 58.4 Å². The molecule has 2 aromatic rings. The fraction of sp³-hybridized carbons (Fsp3) is 0.474. The van der Waals surface area contributed by atoms with Gasteiger partial charge in [0, 0.05) is 5.38 Å². The maximum atomic E-state index is 12.3. The van der Waals surface area contributed by atoms with Crippen LogP contribution in [0.4, 0.5) is 13.9 Å². The molecule has 0 spiro atoms. The normalized spacial score (nSPS) is 13.5. The standard InChI is InChI=1S/C14H18F2O2.C5H6N2O2S/c1-9(2)10-6-7-12(18-14(15)16)13(8-10)17-11-4-3-5-11;6-5-7-4(2-10-5)1-9-3-8/h6-9,11,14H,3-5H2,1-2H3;2-3H,1H2,(H2,6,7). The van der Waals surface area contributed by atoms with Crippen LogP contribution < -0.4 is 15.2 Å². The zero-order valence-electron chi connectivity index (χ0n) is 15.8. The smallest absolute Gasteiger partial charge is 0.387 e. The Morgan fingerprint density at radius 2 is 2.07 bits per heavy atom. The average molecular weight is 414 g/mol. The summed E-state index contributed by atoms with van der Waals surface area (Å²) < 4.78 is 39.3. The summed E-state index contributed by atoms with van der Waals surface area (Å²) in [5, 5.41) is 2.24. The summed E-state index contributed by atoms with van der Waals surface area (Å²) in [6.07, 6.45) is 3.26. The Morgan fingerprint density at radius 3 is 2.57 bits per heavy atom. The number of thiazole rings is 1. The second-order valence-corrected chi connectivity index (χ2v) is 7.38. The second-order valence-electron chi connectivity index (χ2n) is 6.49. The molecule has 1 heterocycles. The van der Waals surface area contributed by atoms with Gasteiger partial charge in [0.15, 0.2) is 16.6 Å². The number of hydrogen-bond acceptors (Lipinski definition) is 7. The molecule has 1 aromatic heterocycles. The maximum Gasteiger partial charge on any atom is 0.387 e. The Hall–Kier alpha value is -2.42. The summed E-state index contributed by atoms with van der Waals surface area (Å²) >= 11 is 1.33. The highest BCUT2D eigenvalue weighted by molar-refractivity contribution is 7.13. The highest BCUT2D eigenvalue weighted by Gasteiger charge is 2.22. The van der Waals surface area contributed by atoms with E-state index in [0.29, 0.717) is 29.0 Å². The number of halogens is 2. The van der Waals surface area contributed by atoms with E-state index in [2.05, 4.69) is 28.3 Å². The molecule has 0 saturated heterocycles. The topological polar surface area (TPSA) is 83.7 Å². The van der Waals surface area contributed by atoms with Crippen molar-refractivity contribution in [3.05, 3.63) is 34.8 Å². The Morgan fingerprint density at radius 1 is 1.32 bits per heavy atom. The van der Waals surface area contributed by atoms with Crippen molar-refractivity contribution in [1.29, 1.82) is 0 Å². The number of nitrogen functional groups attached to an aromatic ring is 1. The van der Waals surface area contributed by atoms with Crippen LogP contribution in [-0.4, -0.2) is 24.2 Å². The van der Waals surface area contributed by atoms with Crippen molar-refractivity contribution >= 4 is 22.9 Å². The van der Waals surface area contributed by atoms with Crippen LogP contribution in [0.1, 0.15) is 50.3 Å². The number of nitrogens with two attached hydrogens (primary N) is 1. The summed E-state index contributed by atoms with van der Waals surface area (Å²) in [4.78, 5) is 13.6. The largest absolute Gasteiger partial charge is 0.487 e. The van der Waals surface area contributed by atoms with Crippen LogP contribution >= 0.6 is 11.3 Å². The third kappa shape index (κ3) is 6.95. The van der Waals surface area contributed by atoms with Crippen molar-refractivity contribution in [3.63, 3.8) is 0 Å². The molecule has 1 aliphatic rings. The maximum absolute atomic E-state index is 12.3. The number of hydrogen-bond donors (Lipinski definition) is 1. The summed E-state index contributed by atoms with van der Waals surface area (Å²) in [6.45, 7) is 1.87. The van der Waals surface area contributed by atoms with Gasteiger partial charge in [0.05, 0.1) is 11.8 Å². The molecule has 28 heavy (non-hydrogen) atoms. The van der Waals surface area contributed by atoms with Gasteiger partial charge in [-0.05, 0) is 42.9 Å². The number of benzene rings is 1. The van der Waals surface area contributed by atoms with E-state index >= 15 is 0 Å². The predicted molar refractivity (Wildman–Crippen MR) is 103 cm³/mol. The van der Waals surface area contributed by atoms with Crippen LogP contribution in [-0.2, 0) is 16.1 Å². The first-order chi connectivity index (χ1) is 13.4. The highest BCUT2D eigenvalue weighted by Crippen LogP contribution is 2.35. The number of anilines is 1. The molecule has 0 unspecified atom stereocenters. The summed E-state index contributed by atoms with van der Waals surface area (Å²) in [7, 11) is 0. The third-order valence-electron chi connectivity index (χ3n) is 4.07. The third-order valence-corrected chi connectivity index (χ3v) is 4.79. The molecule has 3 rings (SSSR count). The van der Waals surface area contributed by atoms with Crippen LogP contribution in [0.3, 0.4) is 0 Å². The van der Waals surface area contributed by atoms with Crippen molar-refractivity contribution in [2.24, 2.45) is 0 Å². The first-order valence-corrected chi connectivity index (χ1v) is 9.77. The van der Waals surface area contributed by atoms with E-state index in [9.17, 15) is 13.6 Å². The monoisotopic (exact) mass is 414 g/mol. The number of alkyl halides is 2. The number of aromatic nitrogens is 1. The van der Waals surface area contributed by atoms with E-state index < -0.39 is 6.61 Å². The van der Waals surface area contributed by atoms with Crippen molar-refractivity contribution in [2.75, 3.05) is 5.73 Å². The molecule has 6 nitrogen and oxygen atoms in total. The summed E-state index contributed by atoms with van der Waals surface area (Å²) in [5.41, 5.74) is 7.06. The molecule has 1 aromatic carbocycles. The van der Waals surface area contributed by atoms with Gasteiger partial charge < -0.3 is 19.9 Å². The fourth-order valence-electron chi connectivity index (χ4n) is 2.35. The zero-order chi connectivity index (χ0) is 20.5. The molecule has 0 amide bonds. The van der Waals surface area contributed by atoms with Crippen LogP contribution in [0.5, 0.6) is 11.5 Å². The van der Waals surface area contributed by atoms with Gasteiger partial charge in [0.25, 0.3) is 6.47 Å². The van der Waals surface area contributed by atoms with Gasteiger partial charge in [-0.15, -0.1) is 11.3 Å². The Kier molecular flexibility index (Phi) is 8.43. The van der Waals surface area contributed by atoms with E-state index in [1.165, 1.54) is 11.3 Å². The second kappa shape index (κ2) is 10.8. The number of ether oxygens (including phenoxy) is 3. The number of nitrogens with zero attached hydrogens (tertiary/aromatic N) is 1. The van der Waals surface area contributed by atoms with Gasteiger partial charge in [0.1, 0.15) is 6.61 Å². The van der Waals surface area contributed by atoms with Crippen LogP contribution in [0.25, 0.3) is 0 Å². The SMILES string of the molecule is CC(C)c1ccc(OC(F)F)c(OC2CCC2)c1.Nc1nc(COC=O)cs1. The summed E-state index contributed by atoms with van der Waals surface area (Å²) in [6, 6.07) is 5.17. The molecule has 1 aliphatic carbocycles. The van der Waals surface area contributed by atoms with Gasteiger partial charge in [-0.2, -0.15) is 8.78 Å². The van der Waals surface area contributed by atoms with E-state index in [4.69, 9.17) is 10.5 Å². The lowest BCUT2D eigenvalue weighted by molar-refractivity contribution is -0.129. The molecule has 0 aliphatic heterocycles. The van der Waals surface area contributed by atoms with Crippen molar-refractivity contribution in [3.8, 4) is 11.5 Å². The molecule has 0 atom stereocenters. The lowest BCUT2D eigenvalue weighted by atomic mass is 9.96. The predicted octanol–water partition coefficient (Wildman–Crippen LogP) is 4.74. The Labute approximate surface area is 166 Å². The van der Waals surface area contributed by atoms with Crippen LogP contribution in [0, 0.1) is 0 Å². The first-order valence-electron chi connectivity index (χ1n) is 8.89. The van der Waals surface area contributed by atoms with Gasteiger partial charge >= 0.3 is 6.61 Å². The van der Waals surface area contributed by atoms with Crippen molar-refractivity contribution < 1.29 is 27.8 Å². The molecule has 0 bridgehead atoms. The van der Waals surface area contributed by atoms with E-state index in [1.807, 2.05) is 0 Å². The molecule has 1 fully saturated rings. The minimum absolute atomic E-state index is 0.126. The van der Waals surface area contributed by atoms with Gasteiger partial charge in [0.2, 0.25) is 0 Å². The van der Waals surface area contributed by atoms with Gasteiger partial charge in [-0.25, -0.2) is 4.98 Å². The minimum Gasteiger partial charge on any atom is -0.487 e. The van der Waals surface area contributed by atoms with E-state index in [-0.39, 0.29) is 18.5 Å². The summed E-state index contributed by atoms with van der Waals surface area (Å²) in [5.74, 6) is 0.891. The molecule has 0 radical (unpaired) electrons. The number of carbonyl (C=O) groups excluding carboxylic acids is 1. The minimum atomic E-state index is -2.82. The Balaban J connectivity index is 0.000000237. The first kappa shape index (κ1) is 21.9. The number of rotatable bonds is 8. The van der Waals surface area contributed by atoms with E-state index in [0.717, 1.165) is 24.8 Å². The Bertz CT molecular complexity index is 751. The quantitative estimate of drug-likeness (QED) is 0.628. The van der Waals surface area contributed by atoms with E-state index in [1.54, 1.807) is 23.6 Å². The average Bonchev–Trinajstić information content (AvgIpc) is 3.02. The van der Waals surface area contributed by atoms with Crippen LogP contribution in [0.15, 0.2) is 23.6 Å². The molecule has 154 valence electrons. The zero-order valence-corrected chi connectivity index (χ0v) is 16.6. The molecular formula is C19H24F2N2O4S. The van der Waals surface area contributed by atoms with Crippen molar-refractivity contribution in [1.82, 2.24) is 4.98 Å². The van der Waals surface area contributed by atoms with Gasteiger partial charge in [-0.3, -0.25) is 4.79 Å².